The van der Waals surface area contributed by atoms with E-state index in [2.05, 4.69) is 9.71 Å². The Balaban J connectivity index is 2.17. The summed E-state index contributed by atoms with van der Waals surface area (Å²) in [5.74, 6) is -0.431. The van der Waals surface area contributed by atoms with Crippen molar-refractivity contribution in [2.24, 2.45) is 0 Å². The fourth-order valence-corrected chi connectivity index (χ4v) is 3.15. The van der Waals surface area contributed by atoms with Gasteiger partial charge in [-0.05, 0) is 31.2 Å². The van der Waals surface area contributed by atoms with Gasteiger partial charge in [-0.1, -0.05) is 6.07 Å². The number of carbonyl (C=O) groups is 1. The summed E-state index contributed by atoms with van der Waals surface area (Å²) in [5.41, 5.74) is 0.603. The Bertz CT molecular complexity index is 738. The zero-order chi connectivity index (χ0) is 15.3. The Morgan fingerprint density at radius 3 is 2.86 bits per heavy atom. The Hall–Kier alpha value is -1.99. The van der Waals surface area contributed by atoms with E-state index in [0.29, 0.717) is 10.9 Å². The molecule has 1 aromatic carbocycles. The first-order valence-electron chi connectivity index (χ1n) is 6.53. The van der Waals surface area contributed by atoms with Gasteiger partial charge in [-0.2, -0.15) is 0 Å². The molecule has 6 nitrogen and oxygen atoms in total. The molecule has 21 heavy (non-hydrogen) atoms. The molecule has 1 aromatic heterocycles. The second-order valence-electron chi connectivity index (χ2n) is 4.28. The van der Waals surface area contributed by atoms with Crippen LogP contribution in [0.3, 0.4) is 0 Å². The third-order valence-corrected chi connectivity index (χ3v) is 4.34. The van der Waals surface area contributed by atoms with Crippen molar-refractivity contribution < 1.29 is 17.9 Å². The minimum absolute atomic E-state index is 0.00217. The second-order valence-corrected chi connectivity index (χ2v) is 6.01. The van der Waals surface area contributed by atoms with Gasteiger partial charge in [0.05, 0.1) is 23.4 Å². The van der Waals surface area contributed by atoms with Crippen LogP contribution in [0.4, 0.5) is 0 Å². The second kappa shape index (κ2) is 6.64. The first-order valence-corrected chi connectivity index (χ1v) is 8.02. The van der Waals surface area contributed by atoms with Crippen molar-refractivity contribution in [1.82, 2.24) is 9.71 Å². The lowest BCUT2D eigenvalue weighted by Gasteiger charge is -2.09. The van der Waals surface area contributed by atoms with Gasteiger partial charge in [0.25, 0.3) is 0 Å². The van der Waals surface area contributed by atoms with Crippen LogP contribution < -0.4 is 4.72 Å². The van der Waals surface area contributed by atoms with E-state index in [9.17, 15) is 13.2 Å². The Morgan fingerprint density at radius 1 is 1.29 bits per heavy atom. The molecule has 0 saturated carbocycles. The number of carbonyl (C=O) groups excluding carboxylic acids is 1. The summed E-state index contributed by atoms with van der Waals surface area (Å²) in [4.78, 5) is 15.5. The largest absolute Gasteiger partial charge is 0.466 e. The first-order chi connectivity index (χ1) is 10.0. The van der Waals surface area contributed by atoms with Crippen LogP contribution in [-0.4, -0.2) is 32.5 Å². The van der Waals surface area contributed by atoms with Gasteiger partial charge in [0.1, 0.15) is 0 Å². The summed E-state index contributed by atoms with van der Waals surface area (Å²) in [6.45, 7) is 1.98. The molecule has 0 fully saturated rings. The Morgan fingerprint density at radius 2 is 2.10 bits per heavy atom. The van der Waals surface area contributed by atoms with Crippen molar-refractivity contribution in [3.63, 3.8) is 0 Å². The van der Waals surface area contributed by atoms with Gasteiger partial charge in [-0.3, -0.25) is 9.78 Å². The summed E-state index contributed by atoms with van der Waals surface area (Å²) in [7, 11) is -3.70. The van der Waals surface area contributed by atoms with Gasteiger partial charge in [0, 0.05) is 18.1 Å². The third kappa shape index (κ3) is 3.77. The minimum Gasteiger partial charge on any atom is -0.466 e. The molecule has 1 heterocycles. The monoisotopic (exact) mass is 308 g/mol. The normalized spacial score (nSPS) is 11.5. The molecule has 0 atom stereocenters. The number of rotatable bonds is 6. The topological polar surface area (TPSA) is 85.4 Å². The van der Waals surface area contributed by atoms with E-state index in [1.54, 1.807) is 37.4 Å². The minimum atomic E-state index is -3.70. The number of pyridine rings is 1. The molecule has 0 spiro atoms. The number of esters is 1. The molecule has 2 aromatic rings. The SMILES string of the molecule is CCOC(=O)CCNS(=O)(=O)c1cccc2ncccc12. The predicted molar refractivity (Wildman–Crippen MR) is 78.2 cm³/mol. The molecule has 0 aliphatic carbocycles. The molecule has 1 N–H and O–H groups in total. The highest BCUT2D eigenvalue weighted by Gasteiger charge is 2.17. The number of hydrogen-bond acceptors (Lipinski definition) is 5. The van der Waals surface area contributed by atoms with E-state index in [-0.39, 0.29) is 24.5 Å². The van der Waals surface area contributed by atoms with Crippen molar-refractivity contribution in [2.45, 2.75) is 18.2 Å². The van der Waals surface area contributed by atoms with Crippen LogP contribution in [0.15, 0.2) is 41.4 Å². The van der Waals surface area contributed by atoms with E-state index in [0.717, 1.165) is 0 Å². The zero-order valence-corrected chi connectivity index (χ0v) is 12.4. The highest BCUT2D eigenvalue weighted by molar-refractivity contribution is 7.89. The molecule has 0 unspecified atom stereocenters. The summed E-state index contributed by atoms with van der Waals surface area (Å²) < 4.78 is 31.7. The van der Waals surface area contributed by atoms with Gasteiger partial charge in [0.15, 0.2) is 0 Å². The summed E-state index contributed by atoms with van der Waals surface area (Å²) in [6, 6.07) is 8.27. The predicted octanol–water partition coefficient (Wildman–Crippen LogP) is 1.47. The van der Waals surface area contributed by atoms with Crippen LogP contribution in [0.25, 0.3) is 10.9 Å². The fourth-order valence-electron chi connectivity index (χ4n) is 1.91. The number of sulfonamides is 1. The van der Waals surface area contributed by atoms with Crippen molar-refractivity contribution in [3.05, 3.63) is 36.5 Å². The number of nitrogens with one attached hydrogen (secondary N) is 1. The van der Waals surface area contributed by atoms with Gasteiger partial charge < -0.3 is 4.74 Å². The smallest absolute Gasteiger partial charge is 0.307 e. The third-order valence-electron chi connectivity index (χ3n) is 2.82. The number of nitrogens with zero attached hydrogens (tertiary/aromatic N) is 1. The average molecular weight is 308 g/mol. The molecular weight excluding hydrogens is 292 g/mol. The van der Waals surface area contributed by atoms with Crippen LogP contribution >= 0.6 is 0 Å². The van der Waals surface area contributed by atoms with E-state index in [4.69, 9.17) is 4.74 Å². The summed E-state index contributed by atoms with van der Waals surface area (Å²) in [5, 5.41) is 0.545. The van der Waals surface area contributed by atoms with Crippen LogP contribution in [0.2, 0.25) is 0 Å². The van der Waals surface area contributed by atoms with Gasteiger partial charge >= 0.3 is 5.97 Å². The van der Waals surface area contributed by atoms with Gasteiger partial charge in [-0.15, -0.1) is 0 Å². The molecule has 0 aliphatic rings. The molecule has 2 rings (SSSR count). The highest BCUT2D eigenvalue weighted by Crippen LogP contribution is 2.20. The lowest BCUT2D eigenvalue weighted by Crippen LogP contribution is -2.27. The number of fused-ring (bicyclic) bond motifs is 1. The van der Waals surface area contributed by atoms with E-state index in [1.165, 1.54) is 6.07 Å². The summed E-state index contributed by atoms with van der Waals surface area (Å²) >= 11 is 0. The average Bonchev–Trinajstić information content (AvgIpc) is 2.46. The molecule has 0 amide bonds. The van der Waals surface area contributed by atoms with Crippen molar-refractivity contribution in [3.8, 4) is 0 Å². The maximum atomic E-state index is 12.3. The lowest BCUT2D eigenvalue weighted by molar-refractivity contribution is -0.142. The number of benzene rings is 1. The molecule has 0 bridgehead atoms. The van der Waals surface area contributed by atoms with E-state index >= 15 is 0 Å². The molecule has 0 aliphatic heterocycles. The van der Waals surface area contributed by atoms with Gasteiger partial charge in [-0.25, -0.2) is 13.1 Å². The van der Waals surface area contributed by atoms with E-state index < -0.39 is 16.0 Å². The number of hydrogen-bond donors (Lipinski definition) is 1. The maximum Gasteiger partial charge on any atom is 0.307 e. The quantitative estimate of drug-likeness (QED) is 0.817. The van der Waals surface area contributed by atoms with Crippen LogP contribution in [0.5, 0.6) is 0 Å². The molecular formula is C14H16N2O4S. The van der Waals surface area contributed by atoms with Crippen LogP contribution in [0, 0.1) is 0 Å². The summed E-state index contributed by atoms with van der Waals surface area (Å²) in [6.07, 6.45) is 1.60. The Labute approximate surface area is 123 Å². The van der Waals surface area contributed by atoms with Gasteiger partial charge in [0.2, 0.25) is 10.0 Å². The molecule has 112 valence electrons. The van der Waals surface area contributed by atoms with Crippen LogP contribution in [0.1, 0.15) is 13.3 Å². The van der Waals surface area contributed by atoms with Crippen molar-refractivity contribution in [1.29, 1.82) is 0 Å². The molecule has 7 heteroatoms. The maximum absolute atomic E-state index is 12.3. The Kier molecular flexibility index (Phi) is 4.87. The molecule has 0 saturated heterocycles. The molecule has 0 radical (unpaired) electrons. The fraction of sp³-hybridized carbons (Fsp3) is 0.286. The van der Waals surface area contributed by atoms with Crippen LogP contribution in [-0.2, 0) is 19.6 Å². The lowest BCUT2D eigenvalue weighted by atomic mass is 10.2. The highest BCUT2D eigenvalue weighted by atomic mass is 32.2. The number of ether oxygens (including phenoxy) is 1. The van der Waals surface area contributed by atoms with Crippen molar-refractivity contribution >= 4 is 26.9 Å². The van der Waals surface area contributed by atoms with E-state index in [1.807, 2.05) is 0 Å². The van der Waals surface area contributed by atoms with Crippen molar-refractivity contribution in [2.75, 3.05) is 13.2 Å². The zero-order valence-electron chi connectivity index (χ0n) is 11.6. The standard InChI is InChI=1S/C14H16N2O4S/c1-2-20-14(17)8-10-16-21(18,19)13-7-3-6-12-11(13)5-4-9-15-12/h3-7,9,16H,2,8,10H2,1H3. The first kappa shape index (κ1) is 15.4. The number of aromatic nitrogens is 1.